The van der Waals surface area contributed by atoms with Crippen molar-refractivity contribution in [3.63, 3.8) is 0 Å². The summed E-state index contributed by atoms with van der Waals surface area (Å²) < 4.78 is 12.4. The molecule has 0 aliphatic carbocycles. The quantitative estimate of drug-likeness (QED) is 0.127. The van der Waals surface area contributed by atoms with Gasteiger partial charge in [-0.25, -0.2) is 4.68 Å². The third-order valence-corrected chi connectivity index (χ3v) is 7.35. The van der Waals surface area contributed by atoms with E-state index < -0.39 is 5.56 Å². The minimum atomic E-state index is -0.451. The van der Waals surface area contributed by atoms with E-state index in [1.807, 2.05) is 68.4 Å². The summed E-state index contributed by atoms with van der Waals surface area (Å²) in [6.07, 6.45) is 1.19. The van der Waals surface area contributed by atoms with Gasteiger partial charge in [-0.05, 0) is 90.0 Å². The molecular weight excluding hydrogens is 554 g/mol. The maximum Gasteiger partial charge on any atom is 0.300 e. The zero-order valence-corrected chi connectivity index (χ0v) is 24.9. The first kappa shape index (κ1) is 30.0. The van der Waals surface area contributed by atoms with E-state index in [4.69, 9.17) is 9.47 Å². The summed E-state index contributed by atoms with van der Waals surface area (Å²) in [5, 5.41) is 31.3. The Bertz CT molecular complexity index is 1880. The van der Waals surface area contributed by atoms with Crippen molar-refractivity contribution in [1.82, 2.24) is 9.78 Å². The highest BCUT2D eigenvalue weighted by atomic mass is 16.5. The van der Waals surface area contributed by atoms with Crippen LogP contribution in [0.5, 0.6) is 11.5 Å². The third-order valence-electron chi connectivity index (χ3n) is 7.35. The highest BCUT2D eigenvalue weighted by Crippen LogP contribution is 2.30. The molecule has 222 valence electrons. The van der Waals surface area contributed by atoms with Gasteiger partial charge in [0.25, 0.3) is 5.56 Å². The topological polar surface area (TPSA) is 125 Å². The molecule has 0 fully saturated rings. The van der Waals surface area contributed by atoms with Crippen LogP contribution in [0.3, 0.4) is 0 Å². The summed E-state index contributed by atoms with van der Waals surface area (Å²) in [7, 11) is 1.64. The maximum atomic E-state index is 12.9. The summed E-state index contributed by atoms with van der Waals surface area (Å²) in [5.41, 5.74) is 6.82. The lowest BCUT2D eigenvalue weighted by atomic mass is 9.96. The molecule has 44 heavy (non-hydrogen) atoms. The predicted molar refractivity (Wildman–Crippen MR) is 169 cm³/mol. The fourth-order valence-corrected chi connectivity index (χ4v) is 4.85. The molecule has 2 N–H and O–H groups in total. The number of nitriles is 1. The molecule has 5 rings (SSSR count). The number of nitrogens with one attached hydrogen (secondary N) is 1. The van der Waals surface area contributed by atoms with Crippen molar-refractivity contribution < 1.29 is 14.6 Å². The van der Waals surface area contributed by atoms with Crippen LogP contribution >= 0.6 is 0 Å². The summed E-state index contributed by atoms with van der Waals surface area (Å²) in [6.45, 7) is 4.92. The Kier molecular flexibility index (Phi) is 9.33. The summed E-state index contributed by atoms with van der Waals surface area (Å²) in [4.78, 5) is 12.9. The minimum Gasteiger partial charge on any atom is -0.508 e. The van der Waals surface area contributed by atoms with Gasteiger partial charge in [0.1, 0.15) is 24.2 Å². The molecule has 9 nitrogen and oxygen atoms in total. The van der Waals surface area contributed by atoms with Crippen molar-refractivity contribution in [2.24, 2.45) is 10.2 Å². The first-order chi connectivity index (χ1) is 21.4. The standard InChI is InChI=1S/C35H33N5O4/c1-23-17-27(32(41)18-24(23)2)21-28-20-26(11-14-33(28)44-16-15-43-3)19-25-9-12-29(13-10-25)37-38-34-31(22-36)39-40(35(34)42)30-7-5-4-6-8-30/h4-14,17-18,20,39,41H,15-16,19,21H2,1-3H3. The molecule has 1 aromatic heterocycles. The van der Waals surface area contributed by atoms with E-state index in [1.165, 1.54) is 4.68 Å². The molecule has 0 saturated heterocycles. The smallest absolute Gasteiger partial charge is 0.300 e. The van der Waals surface area contributed by atoms with Crippen LogP contribution in [0, 0.1) is 25.2 Å². The van der Waals surface area contributed by atoms with Crippen molar-refractivity contribution >= 4 is 11.4 Å². The van der Waals surface area contributed by atoms with Crippen LogP contribution in [0.4, 0.5) is 11.4 Å². The third kappa shape index (κ3) is 6.94. The fraction of sp³-hybridized carbons (Fsp3) is 0.200. The molecule has 0 atom stereocenters. The van der Waals surface area contributed by atoms with Crippen LogP contribution in [0.2, 0.25) is 0 Å². The fourth-order valence-electron chi connectivity index (χ4n) is 4.85. The summed E-state index contributed by atoms with van der Waals surface area (Å²) in [6, 6.07) is 28.4. The normalized spacial score (nSPS) is 11.1. The van der Waals surface area contributed by atoms with E-state index in [0.29, 0.717) is 37.4 Å². The van der Waals surface area contributed by atoms with E-state index in [-0.39, 0.29) is 17.1 Å². The SMILES string of the molecule is COCCOc1ccc(Cc2ccc(N=Nc3c(C#N)[nH]n(-c4ccccc4)c3=O)cc2)cc1Cc1cc(C)c(C)cc1O. The molecule has 1 heterocycles. The summed E-state index contributed by atoms with van der Waals surface area (Å²) in [5.74, 6) is 1.03. The number of phenols is 1. The number of methoxy groups -OCH3 is 1. The number of benzene rings is 4. The molecular formula is C35H33N5O4. The lowest BCUT2D eigenvalue weighted by Gasteiger charge is -2.15. The number of para-hydroxylation sites is 1. The number of aromatic amines is 1. The van der Waals surface area contributed by atoms with Gasteiger partial charge in [0.2, 0.25) is 0 Å². The lowest BCUT2D eigenvalue weighted by molar-refractivity contribution is 0.146. The molecule has 4 aromatic carbocycles. The zero-order chi connectivity index (χ0) is 31.1. The second-order valence-electron chi connectivity index (χ2n) is 10.5. The Hall–Kier alpha value is -5.46. The molecule has 0 aliphatic heterocycles. The molecule has 0 unspecified atom stereocenters. The maximum absolute atomic E-state index is 12.9. The first-order valence-electron chi connectivity index (χ1n) is 14.2. The van der Waals surface area contributed by atoms with Gasteiger partial charge in [-0.3, -0.25) is 9.89 Å². The number of phenolic OH excluding ortho intramolecular Hbond substituents is 1. The number of H-pyrrole nitrogens is 1. The molecule has 0 saturated carbocycles. The Balaban J connectivity index is 1.34. The Morgan fingerprint density at radius 2 is 1.59 bits per heavy atom. The molecule has 0 spiro atoms. The van der Waals surface area contributed by atoms with Crippen LogP contribution in [-0.4, -0.2) is 35.2 Å². The molecule has 0 amide bonds. The molecule has 5 aromatic rings. The number of ether oxygens (including phenoxy) is 2. The van der Waals surface area contributed by atoms with Crippen molar-refractivity contribution in [3.05, 3.63) is 134 Å². The van der Waals surface area contributed by atoms with Crippen molar-refractivity contribution in [2.45, 2.75) is 26.7 Å². The van der Waals surface area contributed by atoms with E-state index in [9.17, 15) is 15.2 Å². The van der Waals surface area contributed by atoms with Gasteiger partial charge in [-0.1, -0.05) is 48.5 Å². The van der Waals surface area contributed by atoms with E-state index >= 15 is 0 Å². The van der Waals surface area contributed by atoms with Crippen LogP contribution < -0.4 is 10.3 Å². The highest BCUT2D eigenvalue weighted by molar-refractivity contribution is 5.51. The minimum absolute atomic E-state index is 0.0405. The molecule has 0 radical (unpaired) electrons. The van der Waals surface area contributed by atoms with Gasteiger partial charge in [-0.2, -0.15) is 10.4 Å². The van der Waals surface area contributed by atoms with Gasteiger partial charge in [0, 0.05) is 13.5 Å². The number of aromatic hydroxyl groups is 1. The number of hydrogen-bond acceptors (Lipinski definition) is 7. The number of nitrogens with zero attached hydrogens (tertiary/aromatic N) is 4. The second-order valence-corrected chi connectivity index (χ2v) is 10.5. The van der Waals surface area contributed by atoms with Crippen molar-refractivity contribution in [1.29, 1.82) is 5.26 Å². The lowest BCUT2D eigenvalue weighted by Crippen LogP contribution is -2.13. The van der Waals surface area contributed by atoms with Gasteiger partial charge in [0.15, 0.2) is 11.4 Å². The van der Waals surface area contributed by atoms with Gasteiger partial charge < -0.3 is 14.6 Å². The van der Waals surface area contributed by atoms with E-state index in [0.717, 1.165) is 39.1 Å². The summed E-state index contributed by atoms with van der Waals surface area (Å²) >= 11 is 0. The first-order valence-corrected chi connectivity index (χ1v) is 14.2. The van der Waals surface area contributed by atoms with E-state index in [2.05, 4.69) is 21.4 Å². The van der Waals surface area contributed by atoms with Gasteiger partial charge >= 0.3 is 0 Å². The second kappa shape index (κ2) is 13.7. The Morgan fingerprint density at radius 3 is 2.32 bits per heavy atom. The van der Waals surface area contributed by atoms with Crippen LogP contribution in [0.15, 0.2) is 100.0 Å². The Morgan fingerprint density at radius 1 is 0.864 bits per heavy atom. The van der Waals surface area contributed by atoms with Crippen molar-refractivity contribution in [3.8, 4) is 23.3 Å². The number of rotatable bonds is 11. The average molecular weight is 588 g/mol. The number of hydrogen-bond donors (Lipinski definition) is 2. The Labute approximate surface area is 255 Å². The molecule has 9 heteroatoms. The van der Waals surface area contributed by atoms with Gasteiger partial charge in [-0.15, -0.1) is 5.11 Å². The monoisotopic (exact) mass is 587 g/mol. The van der Waals surface area contributed by atoms with Crippen LogP contribution in [0.25, 0.3) is 5.69 Å². The molecule has 0 aliphatic rings. The van der Waals surface area contributed by atoms with Crippen molar-refractivity contribution in [2.75, 3.05) is 20.3 Å². The largest absolute Gasteiger partial charge is 0.508 e. The zero-order valence-electron chi connectivity index (χ0n) is 24.9. The average Bonchev–Trinajstić information content (AvgIpc) is 3.36. The van der Waals surface area contributed by atoms with Crippen LogP contribution in [-0.2, 0) is 17.6 Å². The van der Waals surface area contributed by atoms with Gasteiger partial charge in [0.05, 0.1) is 18.0 Å². The van der Waals surface area contributed by atoms with E-state index in [1.54, 1.807) is 37.4 Å². The number of azo groups is 1. The molecule has 0 bridgehead atoms. The highest BCUT2D eigenvalue weighted by Gasteiger charge is 2.15. The number of aromatic nitrogens is 2. The predicted octanol–water partition coefficient (Wildman–Crippen LogP) is 6.98. The van der Waals surface area contributed by atoms with Crippen LogP contribution in [0.1, 0.15) is 39.1 Å². The number of aryl methyl sites for hydroxylation is 2.